The second-order valence-electron chi connectivity index (χ2n) is 4.87. The van der Waals surface area contributed by atoms with Crippen molar-refractivity contribution in [2.45, 2.75) is 31.1 Å². The Hall–Kier alpha value is -1.01. The summed E-state index contributed by atoms with van der Waals surface area (Å²) in [5.41, 5.74) is 0.219. The molecule has 0 heterocycles. The van der Waals surface area contributed by atoms with Crippen LogP contribution in [0.5, 0.6) is 0 Å². The third-order valence-electron chi connectivity index (χ3n) is 3.11. The van der Waals surface area contributed by atoms with Gasteiger partial charge in [0.05, 0.1) is 10.9 Å². The molecule has 1 atom stereocenters. The standard InChI is InChI=1S/C12H16F2O3S/c1-12(2,18(3,16)17)11(15)6-8-4-9(13)7-10(14)5-8/h4-5,7,11,15H,6H2,1-3H3. The first kappa shape index (κ1) is 15.0. The van der Waals surface area contributed by atoms with Crippen molar-refractivity contribution < 1.29 is 22.3 Å². The van der Waals surface area contributed by atoms with E-state index < -0.39 is 32.3 Å². The average molecular weight is 278 g/mol. The van der Waals surface area contributed by atoms with Gasteiger partial charge in [-0.15, -0.1) is 0 Å². The fraction of sp³-hybridized carbons (Fsp3) is 0.500. The third-order valence-corrected chi connectivity index (χ3v) is 5.29. The molecule has 18 heavy (non-hydrogen) atoms. The zero-order valence-electron chi connectivity index (χ0n) is 10.4. The largest absolute Gasteiger partial charge is 0.391 e. The van der Waals surface area contributed by atoms with E-state index in [1.54, 1.807) is 0 Å². The highest BCUT2D eigenvalue weighted by Crippen LogP contribution is 2.23. The molecule has 1 aromatic carbocycles. The molecule has 0 aromatic heterocycles. The minimum Gasteiger partial charge on any atom is -0.391 e. The number of hydrogen-bond donors (Lipinski definition) is 1. The second-order valence-corrected chi connectivity index (χ2v) is 7.47. The minimum atomic E-state index is -3.48. The Morgan fingerprint density at radius 1 is 1.22 bits per heavy atom. The molecule has 0 saturated heterocycles. The summed E-state index contributed by atoms with van der Waals surface area (Å²) in [6, 6.07) is 2.87. The van der Waals surface area contributed by atoms with Crippen LogP contribution in [0.2, 0.25) is 0 Å². The summed E-state index contributed by atoms with van der Waals surface area (Å²) in [6.45, 7) is 2.76. The number of benzene rings is 1. The van der Waals surface area contributed by atoms with Gasteiger partial charge in [0, 0.05) is 18.7 Å². The number of aliphatic hydroxyl groups is 1. The molecular weight excluding hydrogens is 262 g/mol. The third kappa shape index (κ3) is 3.26. The Kier molecular flexibility index (Phi) is 4.12. The summed E-state index contributed by atoms with van der Waals surface area (Å²) in [4.78, 5) is 0. The molecule has 0 spiro atoms. The Bertz CT molecular complexity index is 518. The van der Waals surface area contributed by atoms with Crippen LogP contribution < -0.4 is 0 Å². The highest BCUT2D eigenvalue weighted by atomic mass is 32.2. The van der Waals surface area contributed by atoms with Crippen LogP contribution >= 0.6 is 0 Å². The average Bonchev–Trinajstić information content (AvgIpc) is 2.13. The zero-order valence-corrected chi connectivity index (χ0v) is 11.3. The lowest BCUT2D eigenvalue weighted by Gasteiger charge is -2.28. The van der Waals surface area contributed by atoms with Gasteiger partial charge in [0.15, 0.2) is 9.84 Å². The Balaban J connectivity index is 2.98. The van der Waals surface area contributed by atoms with Gasteiger partial charge in [0.25, 0.3) is 0 Å². The zero-order chi connectivity index (χ0) is 14.1. The van der Waals surface area contributed by atoms with E-state index in [9.17, 15) is 22.3 Å². The van der Waals surface area contributed by atoms with Crippen LogP contribution in [0.3, 0.4) is 0 Å². The van der Waals surface area contributed by atoms with Crippen molar-refractivity contribution in [2.75, 3.05) is 6.26 Å². The molecule has 0 bridgehead atoms. The molecule has 1 rings (SSSR count). The molecule has 0 aliphatic carbocycles. The number of aliphatic hydroxyl groups excluding tert-OH is 1. The van der Waals surface area contributed by atoms with E-state index in [2.05, 4.69) is 0 Å². The van der Waals surface area contributed by atoms with E-state index in [1.165, 1.54) is 13.8 Å². The highest BCUT2D eigenvalue weighted by molar-refractivity contribution is 7.92. The molecule has 1 N–H and O–H groups in total. The van der Waals surface area contributed by atoms with Gasteiger partial charge in [0.1, 0.15) is 11.6 Å². The SMILES string of the molecule is CC(C)(C(O)Cc1cc(F)cc(F)c1)S(C)(=O)=O. The normalized spacial score (nSPS) is 14.6. The van der Waals surface area contributed by atoms with Gasteiger partial charge in [-0.05, 0) is 31.5 Å². The van der Waals surface area contributed by atoms with E-state index in [0.29, 0.717) is 0 Å². The molecule has 6 heteroatoms. The Labute approximate surface area is 105 Å². The number of rotatable bonds is 4. The van der Waals surface area contributed by atoms with Crippen LogP contribution in [-0.2, 0) is 16.3 Å². The second kappa shape index (κ2) is 4.93. The maximum atomic E-state index is 13.0. The molecular formula is C12H16F2O3S. The molecule has 0 radical (unpaired) electrons. The first-order chi connectivity index (χ1) is 8.04. The number of hydrogen-bond acceptors (Lipinski definition) is 3. The highest BCUT2D eigenvalue weighted by Gasteiger charge is 2.37. The summed E-state index contributed by atoms with van der Waals surface area (Å²) in [7, 11) is -3.48. The lowest BCUT2D eigenvalue weighted by molar-refractivity contribution is 0.137. The van der Waals surface area contributed by atoms with Gasteiger partial charge in [-0.25, -0.2) is 17.2 Å². The fourth-order valence-electron chi connectivity index (χ4n) is 1.44. The van der Waals surface area contributed by atoms with Gasteiger partial charge in [0.2, 0.25) is 0 Å². The van der Waals surface area contributed by atoms with Gasteiger partial charge in [-0.3, -0.25) is 0 Å². The quantitative estimate of drug-likeness (QED) is 0.912. The molecule has 0 aliphatic heterocycles. The van der Waals surface area contributed by atoms with E-state index in [-0.39, 0.29) is 12.0 Å². The van der Waals surface area contributed by atoms with Crippen LogP contribution in [0.15, 0.2) is 18.2 Å². The van der Waals surface area contributed by atoms with E-state index in [1.807, 2.05) is 0 Å². The topological polar surface area (TPSA) is 54.4 Å². The molecule has 0 saturated carbocycles. The van der Waals surface area contributed by atoms with Crippen molar-refractivity contribution in [1.29, 1.82) is 0 Å². The predicted molar refractivity (Wildman–Crippen MR) is 65.0 cm³/mol. The van der Waals surface area contributed by atoms with Crippen LogP contribution in [0.25, 0.3) is 0 Å². The lowest BCUT2D eigenvalue weighted by Crippen LogP contribution is -2.44. The van der Waals surface area contributed by atoms with Crippen molar-refractivity contribution in [2.24, 2.45) is 0 Å². The predicted octanol–water partition coefficient (Wildman–Crippen LogP) is 1.69. The maximum absolute atomic E-state index is 13.0. The van der Waals surface area contributed by atoms with Gasteiger partial charge >= 0.3 is 0 Å². The minimum absolute atomic E-state index is 0.130. The maximum Gasteiger partial charge on any atom is 0.155 e. The molecule has 1 unspecified atom stereocenters. The van der Waals surface area contributed by atoms with Crippen molar-refractivity contribution in [3.63, 3.8) is 0 Å². The first-order valence-corrected chi connectivity index (χ1v) is 7.26. The fourth-order valence-corrected chi connectivity index (χ4v) is 2.02. The molecule has 0 aliphatic rings. The summed E-state index contributed by atoms with van der Waals surface area (Å²) in [6.07, 6.45) is -0.356. The molecule has 0 fully saturated rings. The molecule has 0 amide bonds. The smallest absolute Gasteiger partial charge is 0.155 e. The summed E-state index contributed by atoms with van der Waals surface area (Å²) >= 11 is 0. The summed E-state index contributed by atoms with van der Waals surface area (Å²) in [5, 5.41) is 9.92. The van der Waals surface area contributed by atoms with Crippen LogP contribution in [-0.4, -0.2) is 30.6 Å². The summed E-state index contributed by atoms with van der Waals surface area (Å²) in [5.74, 6) is -1.51. The van der Waals surface area contributed by atoms with Crippen molar-refractivity contribution in [3.8, 4) is 0 Å². The van der Waals surface area contributed by atoms with Crippen LogP contribution in [0, 0.1) is 11.6 Å². The van der Waals surface area contributed by atoms with Gasteiger partial charge in [-0.2, -0.15) is 0 Å². The van der Waals surface area contributed by atoms with Crippen molar-refractivity contribution >= 4 is 9.84 Å². The monoisotopic (exact) mass is 278 g/mol. The van der Waals surface area contributed by atoms with Crippen LogP contribution in [0.4, 0.5) is 8.78 Å². The Morgan fingerprint density at radius 2 is 1.67 bits per heavy atom. The van der Waals surface area contributed by atoms with E-state index in [0.717, 1.165) is 24.5 Å². The molecule has 3 nitrogen and oxygen atoms in total. The number of sulfone groups is 1. The van der Waals surface area contributed by atoms with E-state index >= 15 is 0 Å². The van der Waals surface area contributed by atoms with Gasteiger partial charge < -0.3 is 5.11 Å². The van der Waals surface area contributed by atoms with Gasteiger partial charge in [-0.1, -0.05) is 0 Å². The Morgan fingerprint density at radius 3 is 2.06 bits per heavy atom. The van der Waals surface area contributed by atoms with Crippen molar-refractivity contribution in [1.82, 2.24) is 0 Å². The van der Waals surface area contributed by atoms with Crippen LogP contribution in [0.1, 0.15) is 19.4 Å². The van der Waals surface area contributed by atoms with E-state index in [4.69, 9.17) is 0 Å². The number of halogens is 2. The lowest BCUT2D eigenvalue weighted by atomic mass is 9.98. The summed E-state index contributed by atoms with van der Waals surface area (Å²) < 4.78 is 47.6. The molecule has 1 aromatic rings. The van der Waals surface area contributed by atoms with Crippen molar-refractivity contribution in [3.05, 3.63) is 35.4 Å². The molecule has 102 valence electrons. The first-order valence-electron chi connectivity index (χ1n) is 5.36.